The zero-order valence-corrected chi connectivity index (χ0v) is 13.2. The summed E-state index contributed by atoms with van der Waals surface area (Å²) in [4.78, 5) is 12.5. The second-order valence-electron chi connectivity index (χ2n) is 5.92. The van der Waals surface area contributed by atoms with Crippen LogP contribution < -0.4 is 0 Å². The van der Waals surface area contributed by atoms with Crippen molar-refractivity contribution in [2.24, 2.45) is 0 Å². The highest BCUT2D eigenvalue weighted by molar-refractivity contribution is 5.34. The molecule has 3 rings (SSSR count). The van der Waals surface area contributed by atoms with Gasteiger partial charge in [-0.05, 0) is 23.3 Å². The number of benzene rings is 2. The van der Waals surface area contributed by atoms with Crippen LogP contribution in [0.4, 0.5) is 5.69 Å². The summed E-state index contributed by atoms with van der Waals surface area (Å²) in [5, 5.41) is 21.2. The van der Waals surface area contributed by atoms with Gasteiger partial charge in [-0.1, -0.05) is 30.3 Å². The quantitative estimate of drug-likeness (QED) is 0.674. The van der Waals surface area contributed by atoms with E-state index in [2.05, 4.69) is 17.0 Å². The maximum absolute atomic E-state index is 10.7. The average Bonchev–Trinajstić information content (AvgIpc) is 2.62. The molecule has 0 saturated carbocycles. The number of aliphatic hydroxyl groups excluding tert-OH is 1. The molecular weight excluding hydrogens is 308 g/mol. The normalized spacial score (nSPS) is 19.8. The third-order valence-electron chi connectivity index (χ3n) is 4.22. The maximum Gasteiger partial charge on any atom is 0.269 e. The Bertz CT molecular complexity index is 675. The summed E-state index contributed by atoms with van der Waals surface area (Å²) in [5.41, 5.74) is 1.87. The summed E-state index contributed by atoms with van der Waals surface area (Å²) in [6.45, 7) is 2.81. The van der Waals surface area contributed by atoms with Crippen LogP contribution in [0.25, 0.3) is 0 Å². The minimum Gasteiger partial charge on any atom is -0.386 e. The van der Waals surface area contributed by atoms with E-state index in [4.69, 9.17) is 4.74 Å². The highest BCUT2D eigenvalue weighted by Crippen LogP contribution is 2.25. The first-order valence-electron chi connectivity index (χ1n) is 7.94. The molecule has 24 heavy (non-hydrogen) atoms. The van der Waals surface area contributed by atoms with E-state index in [0.717, 1.165) is 13.1 Å². The Morgan fingerprint density at radius 3 is 2.58 bits per heavy atom. The van der Waals surface area contributed by atoms with Gasteiger partial charge in [-0.25, -0.2) is 0 Å². The van der Waals surface area contributed by atoms with Gasteiger partial charge in [0, 0.05) is 31.8 Å². The molecule has 2 aromatic carbocycles. The minimum atomic E-state index is -0.802. The van der Waals surface area contributed by atoms with Gasteiger partial charge in [0.05, 0.1) is 11.5 Å². The van der Waals surface area contributed by atoms with Crippen molar-refractivity contribution >= 4 is 5.69 Å². The summed E-state index contributed by atoms with van der Waals surface area (Å²) < 4.78 is 5.71. The minimum absolute atomic E-state index is 0.0150. The molecule has 6 nitrogen and oxygen atoms in total. The molecule has 0 aliphatic carbocycles. The van der Waals surface area contributed by atoms with Crippen LogP contribution in [0.1, 0.15) is 17.2 Å². The molecule has 1 saturated heterocycles. The van der Waals surface area contributed by atoms with Crippen molar-refractivity contribution in [2.75, 3.05) is 19.7 Å². The molecule has 1 aliphatic heterocycles. The van der Waals surface area contributed by atoms with Gasteiger partial charge < -0.3 is 9.84 Å². The second kappa shape index (κ2) is 7.53. The zero-order chi connectivity index (χ0) is 16.9. The van der Waals surface area contributed by atoms with Crippen molar-refractivity contribution in [1.82, 2.24) is 4.90 Å². The maximum atomic E-state index is 10.7. The van der Waals surface area contributed by atoms with E-state index in [9.17, 15) is 15.2 Å². The number of non-ortho nitro benzene ring substituents is 1. The molecule has 2 aromatic rings. The molecule has 2 atom stereocenters. The Balaban J connectivity index is 1.64. The van der Waals surface area contributed by atoms with E-state index in [1.54, 1.807) is 12.1 Å². The SMILES string of the molecule is O=[N+]([O-])c1ccc([C@H](O)[C@H]2CN(Cc3ccccc3)CCO2)cc1. The number of rotatable bonds is 5. The van der Waals surface area contributed by atoms with Gasteiger partial charge in [-0.15, -0.1) is 0 Å². The lowest BCUT2D eigenvalue weighted by atomic mass is 10.0. The number of aliphatic hydroxyl groups is 1. The van der Waals surface area contributed by atoms with Crippen LogP contribution in [0.3, 0.4) is 0 Å². The first-order valence-corrected chi connectivity index (χ1v) is 7.94. The first-order chi connectivity index (χ1) is 11.6. The Hall–Kier alpha value is -2.28. The van der Waals surface area contributed by atoms with Crippen molar-refractivity contribution in [3.05, 3.63) is 75.8 Å². The van der Waals surface area contributed by atoms with Crippen LogP contribution >= 0.6 is 0 Å². The van der Waals surface area contributed by atoms with E-state index in [0.29, 0.717) is 18.7 Å². The number of ether oxygens (including phenoxy) is 1. The fourth-order valence-electron chi connectivity index (χ4n) is 2.92. The van der Waals surface area contributed by atoms with Crippen molar-refractivity contribution < 1.29 is 14.8 Å². The number of hydrogen-bond acceptors (Lipinski definition) is 5. The topological polar surface area (TPSA) is 75.8 Å². The van der Waals surface area contributed by atoms with Gasteiger partial charge in [0.15, 0.2) is 0 Å². The molecular formula is C18H20N2O4. The molecule has 0 unspecified atom stereocenters. The molecule has 126 valence electrons. The van der Waals surface area contributed by atoms with Gasteiger partial charge in [-0.3, -0.25) is 15.0 Å². The van der Waals surface area contributed by atoms with E-state index < -0.39 is 11.0 Å². The summed E-state index contributed by atoms with van der Waals surface area (Å²) in [6.07, 6.45) is -1.15. The van der Waals surface area contributed by atoms with E-state index in [-0.39, 0.29) is 11.8 Å². The third-order valence-corrected chi connectivity index (χ3v) is 4.22. The molecule has 0 bridgehead atoms. The predicted molar refractivity (Wildman–Crippen MR) is 89.5 cm³/mol. The molecule has 0 spiro atoms. The summed E-state index contributed by atoms with van der Waals surface area (Å²) >= 11 is 0. The van der Waals surface area contributed by atoms with Gasteiger partial charge in [-0.2, -0.15) is 0 Å². The second-order valence-corrected chi connectivity index (χ2v) is 5.92. The highest BCUT2D eigenvalue weighted by atomic mass is 16.6. The molecule has 0 radical (unpaired) electrons. The Morgan fingerprint density at radius 1 is 1.21 bits per heavy atom. The van der Waals surface area contributed by atoms with E-state index >= 15 is 0 Å². The van der Waals surface area contributed by atoms with Gasteiger partial charge >= 0.3 is 0 Å². The summed E-state index contributed by atoms with van der Waals surface area (Å²) in [7, 11) is 0. The van der Waals surface area contributed by atoms with Crippen molar-refractivity contribution in [2.45, 2.75) is 18.8 Å². The number of nitro groups is 1. The third kappa shape index (κ3) is 3.97. The number of hydrogen-bond donors (Lipinski definition) is 1. The lowest BCUT2D eigenvalue weighted by Crippen LogP contribution is -2.44. The standard InChI is InChI=1S/C18H20N2O4/c21-18(15-6-8-16(9-7-15)20(22)23)17-13-19(10-11-24-17)12-14-4-2-1-3-5-14/h1-9,17-18,21H,10-13H2/t17-,18+/m1/s1. The fourth-order valence-corrected chi connectivity index (χ4v) is 2.92. The van der Waals surface area contributed by atoms with Crippen molar-refractivity contribution in [3.8, 4) is 0 Å². The highest BCUT2D eigenvalue weighted by Gasteiger charge is 2.28. The molecule has 0 aromatic heterocycles. The molecule has 6 heteroatoms. The van der Waals surface area contributed by atoms with Crippen LogP contribution in [-0.2, 0) is 11.3 Å². The molecule has 1 N–H and O–H groups in total. The molecule has 1 heterocycles. The molecule has 1 fully saturated rings. The lowest BCUT2D eigenvalue weighted by molar-refractivity contribution is -0.384. The van der Waals surface area contributed by atoms with Crippen LogP contribution in [-0.4, -0.2) is 40.7 Å². The van der Waals surface area contributed by atoms with Gasteiger partial charge in [0.1, 0.15) is 12.2 Å². The number of nitrogens with zero attached hydrogens (tertiary/aromatic N) is 2. The van der Waals surface area contributed by atoms with Crippen molar-refractivity contribution in [3.63, 3.8) is 0 Å². The Kier molecular flexibility index (Phi) is 5.20. The largest absolute Gasteiger partial charge is 0.386 e. The van der Waals surface area contributed by atoms with Gasteiger partial charge in [0.2, 0.25) is 0 Å². The fraction of sp³-hybridized carbons (Fsp3) is 0.333. The average molecular weight is 328 g/mol. The smallest absolute Gasteiger partial charge is 0.269 e. The van der Waals surface area contributed by atoms with E-state index in [1.807, 2.05) is 18.2 Å². The van der Waals surface area contributed by atoms with Crippen LogP contribution in [0.2, 0.25) is 0 Å². The Labute approximate surface area is 140 Å². The first kappa shape index (κ1) is 16.6. The summed E-state index contributed by atoms with van der Waals surface area (Å²) in [6, 6.07) is 16.2. The van der Waals surface area contributed by atoms with Crippen molar-refractivity contribution in [1.29, 1.82) is 0 Å². The zero-order valence-electron chi connectivity index (χ0n) is 13.2. The Morgan fingerprint density at radius 2 is 1.92 bits per heavy atom. The molecule has 0 amide bonds. The number of morpholine rings is 1. The lowest BCUT2D eigenvalue weighted by Gasteiger charge is -2.35. The van der Waals surface area contributed by atoms with Crippen LogP contribution in [0.15, 0.2) is 54.6 Å². The monoisotopic (exact) mass is 328 g/mol. The number of nitro benzene ring substituents is 1. The van der Waals surface area contributed by atoms with Gasteiger partial charge in [0.25, 0.3) is 5.69 Å². The predicted octanol–water partition coefficient (Wildman–Crippen LogP) is 2.53. The van der Waals surface area contributed by atoms with Crippen LogP contribution in [0, 0.1) is 10.1 Å². The van der Waals surface area contributed by atoms with Crippen LogP contribution in [0.5, 0.6) is 0 Å². The van der Waals surface area contributed by atoms with E-state index in [1.165, 1.54) is 17.7 Å². The summed E-state index contributed by atoms with van der Waals surface area (Å²) in [5.74, 6) is 0. The molecule has 1 aliphatic rings.